The van der Waals surface area contributed by atoms with Crippen LogP contribution in [0.2, 0.25) is 0 Å². The van der Waals surface area contributed by atoms with Gasteiger partial charge in [0, 0.05) is 17.1 Å². The second-order valence-corrected chi connectivity index (χ2v) is 1.15. The first-order valence-corrected chi connectivity index (χ1v) is 2.10. The molecule has 0 rings (SSSR count). The summed E-state index contributed by atoms with van der Waals surface area (Å²) in [6, 6.07) is 0. The second-order valence-electron chi connectivity index (χ2n) is 0.752. The molecule has 7 heavy (non-hydrogen) atoms. The molecule has 0 aliphatic heterocycles. The molecule has 0 spiro atoms. The fourth-order valence-electron chi connectivity index (χ4n) is 0.142. The van der Waals surface area contributed by atoms with E-state index in [4.69, 9.17) is 5.73 Å². The number of ether oxygens (including phenoxy) is 1. The van der Waals surface area contributed by atoms with Crippen LogP contribution in [0.4, 0.5) is 0 Å². The Morgan fingerprint density at radius 2 is 2.29 bits per heavy atom. The van der Waals surface area contributed by atoms with Gasteiger partial charge in [-0.05, 0) is 19.1 Å². The molecule has 0 aromatic rings. The van der Waals surface area contributed by atoms with Gasteiger partial charge in [-0.1, -0.05) is 0 Å². The van der Waals surface area contributed by atoms with Crippen molar-refractivity contribution in [2.75, 3.05) is 6.61 Å². The van der Waals surface area contributed by atoms with Gasteiger partial charge in [0.05, 0.1) is 6.61 Å². The zero-order valence-corrected chi connectivity index (χ0v) is 5.98. The minimum atomic E-state index is 0. The van der Waals surface area contributed by atoms with E-state index < -0.39 is 0 Å². The fraction of sp³-hybridized carbons (Fsp3) is 0.667. The number of rotatable bonds is 1. The third kappa shape index (κ3) is 10.7. The van der Waals surface area contributed by atoms with Gasteiger partial charge >= 0.3 is 0 Å². The number of nitrogens with two attached hydrogens (primary N) is 1. The Morgan fingerprint density at radius 3 is 2.29 bits per heavy atom. The summed E-state index contributed by atoms with van der Waals surface area (Å²) in [7, 11) is 0. The van der Waals surface area contributed by atoms with Gasteiger partial charge in [0.1, 0.15) is 0 Å². The Kier molecular flexibility index (Phi) is 9.09. The maximum Gasteiger partial charge on any atom is 0.253 e. The maximum absolute atomic E-state index is 4.91. The van der Waals surface area contributed by atoms with Crippen LogP contribution in [-0.4, -0.2) is 11.8 Å². The first-order chi connectivity index (χ1) is 2.77. The predicted molar refractivity (Wildman–Crippen MR) is 28.4 cm³/mol. The number of hydrogen-bond donors (Lipinski definition) is 1. The first kappa shape index (κ1) is 10.2. The average Bonchev–Trinajstić information content (AvgIpc) is 1.35. The molecule has 0 saturated heterocycles. The van der Waals surface area contributed by atoms with Crippen molar-refractivity contribution in [1.82, 2.24) is 0 Å². The quantitative estimate of drug-likeness (QED) is 0.441. The SMILES string of the molecule is CCOC(N)=S.[Mn]. The summed E-state index contributed by atoms with van der Waals surface area (Å²) in [4.78, 5) is 0. The molecule has 0 unspecified atom stereocenters. The summed E-state index contributed by atoms with van der Waals surface area (Å²) >= 11 is 4.35. The zero-order chi connectivity index (χ0) is 4.99. The van der Waals surface area contributed by atoms with Gasteiger partial charge in [-0.3, -0.25) is 0 Å². The summed E-state index contributed by atoms with van der Waals surface area (Å²) < 4.78 is 4.55. The molecule has 0 fully saturated rings. The van der Waals surface area contributed by atoms with Gasteiger partial charge in [-0.2, -0.15) is 0 Å². The van der Waals surface area contributed by atoms with Gasteiger partial charge in [-0.15, -0.1) is 0 Å². The molecule has 1 radical (unpaired) electrons. The molecule has 4 heteroatoms. The van der Waals surface area contributed by atoms with Crippen LogP contribution in [0.3, 0.4) is 0 Å². The van der Waals surface area contributed by atoms with Crippen molar-refractivity contribution in [3.63, 3.8) is 0 Å². The zero-order valence-electron chi connectivity index (χ0n) is 3.98. The van der Waals surface area contributed by atoms with Gasteiger partial charge < -0.3 is 10.5 Å². The van der Waals surface area contributed by atoms with E-state index in [1.165, 1.54) is 0 Å². The molecule has 2 nitrogen and oxygen atoms in total. The van der Waals surface area contributed by atoms with Crippen LogP contribution in [0.15, 0.2) is 0 Å². The van der Waals surface area contributed by atoms with E-state index in [0.717, 1.165) is 0 Å². The van der Waals surface area contributed by atoms with Crippen LogP contribution < -0.4 is 5.73 Å². The van der Waals surface area contributed by atoms with Crippen LogP contribution in [-0.2, 0) is 21.8 Å². The van der Waals surface area contributed by atoms with E-state index >= 15 is 0 Å². The Hall–Kier alpha value is 0.209. The molecule has 43 valence electrons. The molecule has 0 aliphatic rings. The number of thiocarbonyl (C=S) groups is 1. The Bertz CT molecular complexity index is 58.9. The van der Waals surface area contributed by atoms with Crippen molar-refractivity contribution in [1.29, 1.82) is 0 Å². The summed E-state index contributed by atoms with van der Waals surface area (Å²) in [6.45, 7) is 2.40. The maximum atomic E-state index is 4.91. The molecule has 0 aromatic carbocycles. The van der Waals surface area contributed by atoms with Crippen LogP contribution in [0.25, 0.3) is 0 Å². The second kappa shape index (κ2) is 6.21. The van der Waals surface area contributed by atoms with Crippen LogP contribution >= 0.6 is 12.2 Å². The largest absolute Gasteiger partial charge is 0.472 e. The van der Waals surface area contributed by atoms with Gasteiger partial charge in [0.15, 0.2) is 0 Å². The molecule has 2 N–H and O–H groups in total. The normalized spacial score (nSPS) is 6.43. The monoisotopic (exact) mass is 160 g/mol. The van der Waals surface area contributed by atoms with E-state index in [2.05, 4.69) is 17.0 Å². The van der Waals surface area contributed by atoms with E-state index in [-0.39, 0.29) is 22.2 Å². The Morgan fingerprint density at radius 1 is 1.86 bits per heavy atom. The minimum Gasteiger partial charge on any atom is -0.472 e. The Labute approximate surface area is 58.9 Å². The molecular weight excluding hydrogens is 153 g/mol. The van der Waals surface area contributed by atoms with Crippen molar-refractivity contribution >= 4 is 17.4 Å². The van der Waals surface area contributed by atoms with Crippen LogP contribution in [0.5, 0.6) is 0 Å². The van der Waals surface area contributed by atoms with Gasteiger partial charge in [-0.25, -0.2) is 0 Å². The van der Waals surface area contributed by atoms with E-state index in [1.54, 1.807) is 0 Å². The smallest absolute Gasteiger partial charge is 0.253 e. The van der Waals surface area contributed by atoms with Crippen molar-refractivity contribution in [2.24, 2.45) is 5.73 Å². The molecule has 0 aliphatic carbocycles. The molecular formula is C3H7MnNOS. The summed E-state index contributed by atoms with van der Waals surface area (Å²) in [5.41, 5.74) is 4.91. The standard InChI is InChI=1S/C3H7NOS.Mn/c1-2-5-3(4)6;/h2H2,1H3,(H2,4,6);. The molecule has 0 aromatic heterocycles. The van der Waals surface area contributed by atoms with E-state index in [1.807, 2.05) is 6.92 Å². The van der Waals surface area contributed by atoms with Crippen LogP contribution in [0, 0.1) is 0 Å². The molecule has 0 saturated carbocycles. The van der Waals surface area contributed by atoms with Crippen molar-refractivity contribution in [3.8, 4) is 0 Å². The number of hydrogen-bond acceptors (Lipinski definition) is 2. The molecule has 0 heterocycles. The molecule has 0 atom stereocenters. The van der Waals surface area contributed by atoms with Crippen molar-refractivity contribution < 1.29 is 21.8 Å². The minimum absolute atomic E-state index is 0. The first-order valence-electron chi connectivity index (χ1n) is 1.69. The van der Waals surface area contributed by atoms with Gasteiger partial charge in [0.2, 0.25) is 0 Å². The Balaban J connectivity index is 0. The molecule has 0 bridgehead atoms. The molecule has 0 amide bonds. The average molecular weight is 160 g/mol. The predicted octanol–water partition coefficient (Wildman–Crippen LogP) is 0.264. The van der Waals surface area contributed by atoms with Crippen LogP contribution in [0.1, 0.15) is 6.92 Å². The van der Waals surface area contributed by atoms with Crippen molar-refractivity contribution in [2.45, 2.75) is 6.92 Å². The van der Waals surface area contributed by atoms with Gasteiger partial charge in [0.25, 0.3) is 5.17 Å². The summed E-state index contributed by atoms with van der Waals surface area (Å²) in [6.07, 6.45) is 0. The van der Waals surface area contributed by atoms with E-state index in [9.17, 15) is 0 Å². The van der Waals surface area contributed by atoms with E-state index in [0.29, 0.717) is 6.61 Å². The van der Waals surface area contributed by atoms with Crippen molar-refractivity contribution in [3.05, 3.63) is 0 Å². The summed E-state index contributed by atoms with van der Waals surface area (Å²) in [5.74, 6) is 0. The third-order valence-electron chi connectivity index (χ3n) is 0.287. The third-order valence-corrected chi connectivity index (χ3v) is 0.404. The fourth-order valence-corrected chi connectivity index (χ4v) is 0.260. The summed E-state index contributed by atoms with van der Waals surface area (Å²) in [5, 5.41) is 0.123. The topological polar surface area (TPSA) is 35.2 Å².